The zero-order chi connectivity index (χ0) is 40.2. The number of ether oxygens (including phenoxy) is 11. The van der Waals surface area contributed by atoms with Crippen molar-refractivity contribution < 1.29 is 67.1 Å². The number of aliphatic hydroxyl groups is 1. The molecule has 11 heterocycles. The van der Waals surface area contributed by atoms with E-state index in [1.54, 1.807) is 0 Å². The van der Waals surface area contributed by atoms with Crippen LogP contribution in [-0.2, 0) is 56.9 Å². The predicted molar refractivity (Wildman–Crippen MR) is 204 cm³/mol. The number of aliphatic carboxylic acids is 1. The third-order valence-corrected chi connectivity index (χ3v) is 15.2. The highest BCUT2D eigenvalue weighted by Gasteiger charge is 2.69. The average molecular weight is 817 g/mol. The maximum atomic E-state index is 11.5. The molecule has 11 aliphatic heterocycles. The van der Waals surface area contributed by atoms with Crippen molar-refractivity contribution in [2.24, 2.45) is 11.8 Å². The van der Waals surface area contributed by atoms with Crippen LogP contribution in [-0.4, -0.2) is 144 Å². The van der Waals surface area contributed by atoms with Crippen LogP contribution in [0.25, 0.3) is 0 Å². The Balaban J connectivity index is 0.725. The molecule has 14 heteroatoms. The molecule has 58 heavy (non-hydrogen) atoms. The maximum Gasteiger partial charge on any atom is 0.305 e. The topological polar surface area (TPSA) is 159 Å². The molecule has 0 spiro atoms. The van der Waals surface area contributed by atoms with Gasteiger partial charge in [-0.2, -0.15) is 0 Å². The van der Waals surface area contributed by atoms with Gasteiger partial charge in [-0.05, 0) is 75.9 Å². The molecule has 0 aliphatic carbocycles. The Morgan fingerprint density at radius 3 is 2.31 bits per heavy atom. The number of hydrogen-bond donors (Lipinski definition) is 2. The van der Waals surface area contributed by atoms with Gasteiger partial charge in [0.25, 0.3) is 0 Å². The van der Waals surface area contributed by atoms with Crippen molar-refractivity contribution in [3.8, 4) is 0 Å². The average Bonchev–Trinajstić information content (AvgIpc) is 3.76. The summed E-state index contributed by atoms with van der Waals surface area (Å²) in [5.74, 6) is -2.19. The van der Waals surface area contributed by atoms with Gasteiger partial charge in [0.05, 0.1) is 86.3 Å². The van der Waals surface area contributed by atoms with Crippen LogP contribution in [0.15, 0.2) is 24.3 Å². The molecule has 2 N–H and O–H groups in total. The number of aliphatic hydroxyl groups excluding tert-OH is 1. The first-order valence-corrected chi connectivity index (χ1v) is 22.2. The van der Waals surface area contributed by atoms with E-state index in [4.69, 9.17) is 52.1 Å². The molecule has 11 aliphatic rings. The van der Waals surface area contributed by atoms with Crippen molar-refractivity contribution in [1.82, 2.24) is 0 Å². The summed E-state index contributed by atoms with van der Waals surface area (Å²) in [6.45, 7) is 17.5. The lowest BCUT2D eigenvalue weighted by Gasteiger charge is -2.53. The highest BCUT2D eigenvalue weighted by atomic mass is 16.8. The third kappa shape index (κ3) is 7.46. The Labute approximate surface area is 341 Å². The Bertz CT molecular complexity index is 1590. The Morgan fingerprint density at radius 1 is 0.724 bits per heavy atom. The van der Waals surface area contributed by atoms with Gasteiger partial charge in [0, 0.05) is 31.6 Å². The van der Waals surface area contributed by atoms with E-state index in [-0.39, 0.29) is 110 Å². The summed E-state index contributed by atoms with van der Waals surface area (Å²) < 4.78 is 71.5. The van der Waals surface area contributed by atoms with Crippen LogP contribution in [0, 0.1) is 11.8 Å². The Morgan fingerprint density at radius 2 is 1.48 bits per heavy atom. The molecule has 21 atom stereocenters. The van der Waals surface area contributed by atoms with E-state index >= 15 is 0 Å². The molecule has 0 amide bonds. The van der Waals surface area contributed by atoms with Crippen molar-refractivity contribution in [2.45, 2.75) is 226 Å². The van der Waals surface area contributed by atoms with Gasteiger partial charge in [0.1, 0.15) is 36.6 Å². The van der Waals surface area contributed by atoms with E-state index in [0.717, 1.165) is 49.7 Å². The van der Waals surface area contributed by atoms with E-state index in [1.165, 1.54) is 0 Å². The summed E-state index contributed by atoms with van der Waals surface area (Å²) in [6.07, 6.45) is 3.80. The molecule has 0 radical (unpaired) electrons. The standard InChI is InChI=1S/C44H64O14/c1-20-13-24(50-29(22(20)3)16-31-36(47)23(4)37-32(52-31)17-30-34(55-37)19-48-43(5,6)56-30)7-9-27-21(2)14-26(49-27)11-12-44-18-33-39(57-44)40-41(54-33)42(58-44)38-28(53-40)10-8-25(51-38)15-35(45)46/h20,23-34,36-42,47H,2-3,7-19H2,1,4-6H3,(H,45,46)/t20-,23-,24+,25?,26?,27+,28?,29-,30-,31?,32+,33-,34-,36?,37+,38+,39?,40?,41?,42?,44+/m1/s1. The normalized spacial score (nSPS) is 52.8. The molecule has 0 aromatic carbocycles. The van der Waals surface area contributed by atoms with Gasteiger partial charge in [-0.3, -0.25) is 4.79 Å². The molecule has 11 fully saturated rings. The van der Waals surface area contributed by atoms with Crippen LogP contribution < -0.4 is 0 Å². The minimum absolute atomic E-state index is 0.00215. The quantitative estimate of drug-likeness (QED) is 0.297. The van der Waals surface area contributed by atoms with Crippen molar-refractivity contribution in [1.29, 1.82) is 0 Å². The number of carboxylic acids is 1. The first kappa shape index (κ1) is 40.5. The van der Waals surface area contributed by atoms with Crippen molar-refractivity contribution in [3.05, 3.63) is 24.3 Å². The van der Waals surface area contributed by atoms with Gasteiger partial charge >= 0.3 is 5.97 Å². The fourth-order valence-corrected chi connectivity index (χ4v) is 12.1. The van der Waals surface area contributed by atoms with Crippen LogP contribution in [0.2, 0.25) is 0 Å². The predicted octanol–water partition coefficient (Wildman–Crippen LogP) is 4.51. The highest BCUT2D eigenvalue weighted by Crippen LogP contribution is 2.54. The van der Waals surface area contributed by atoms with Gasteiger partial charge in [-0.15, -0.1) is 0 Å². The van der Waals surface area contributed by atoms with Crippen LogP contribution in [0.5, 0.6) is 0 Å². The lowest BCUT2D eigenvalue weighted by Crippen LogP contribution is -2.63. The second-order valence-corrected chi connectivity index (χ2v) is 19.7. The number of hydrogen-bond acceptors (Lipinski definition) is 13. The van der Waals surface area contributed by atoms with E-state index in [1.807, 2.05) is 13.8 Å². The van der Waals surface area contributed by atoms with E-state index in [2.05, 4.69) is 27.0 Å². The molecular weight excluding hydrogens is 752 g/mol. The lowest BCUT2D eigenvalue weighted by molar-refractivity contribution is -0.355. The largest absolute Gasteiger partial charge is 0.481 e. The van der Waals surface area contributed by atoms with E-state index in [9.17, 15) is 15.0 Å². The number of fused-ring (bicyclic) bond motifs is 3. The molecule has 9 unspecified atom stereocenters. The van der Waals surface area contributed by atoms with Gasteiger partial charge in [0.2, 0.25) is 0 Å². The number of carbonyl (C=O) groups is 1. The molecule has 0 saturated carbocycles. The molecular formula is C44H64O14. The van der Waals surface area contributed by atoms with Gasteiger partial charge < -0.3 is 62.3 Å². The van der Waals surface area contributed by atoms with Crippen LogP contribution in [0.4, 0.5) is 0 Å². The van der Waals surface area contributed by atoms with Crippen molar-refractivity contribution in [2.75, 3.05) is 6.61 Å². The van der Waals surface area contributed by atoms with Crippen molar-refractivity contribution >= 4 is 5.97 Å². The monoisotopic (exact) mass is 816 g/mol. The molecule has 0 aromatic heterocycles. The summed E-state index contributed by atoms with van der Waals surface area (Å²) in [4.78, 5) is 11.5. The van der Waals surface area contributed by atoms with Gasteiger partial charge in [0.15, 0.2) is 11.6 Å². The third-order valence-electron chi connectivity index (χ3n) is 15.2. The zero-order valence-corrected chi connectivity index (χ0v) is 34.4. The lowest BCUT2D eigenvalue weighted by atomic mass is 9.79. The summed E-state index contributed by atoms with van der Waals surface area (Å²) in [5.41, 5.74) is 2.16. The fraction of sp³-hybridized carbons (Fsp3) is 0.886. The maximum absolute atomic E-state index is 11.5. The second-order valence-electron chi connectivity index (χ2n) is 19.7. The fourth-order valence-electron chi connectivity index (χ4n) is 12.1. The first-order valence-electron chi connectivity index (χ1n) is 22.2. The molecule has 14 nitrogen and oxygen atoms in total. The van der Waals surface area contributed by atoms with Crippen LogP contribution in [0.1, 0.15) is 105 Å². The highest BCUT2D eigenvalue weighted by molar-refractivity contribution is 5.67. The van der Waals surface area contributed by atoms with E-state index in [0.29, 0.717) is 38.7 Å². The minimum atomic E-state index is -0.866. The molecule has 0 aromatic rings. The Hall–Kier alpha value is -1.53. The number of carboxylic acid groups (broad SMARTS) is 1. The van der Waals surface area contributed by atoms with Gasteiger partial charge in [-0.25, -0.2) is 0 Å². The molecule has 324 valence electrons. The molecule has 11 saturated heterocycles. The van der Waals surface area contributed by atoms with Gasteiger partial charge in [-0.1, -0.05) is 27.0 Å². The molecule has 6 bridgehead atoms. The SMILES string of the molecule is C=C1CC(CC[C@@]23C[C@H]4OC5C(OC6CCC(CC(=O)O)O[C@@H]6C5O2)C4O3)O[C@H]1CC[C@H]1C[C@@H](C)C(=C)[C@@H](CC2O[C@H]3C[C@H]4OC(C)(C)OC[C@H]4O[C@H]3[C@H](C)C2O)O1. The zero-order valence-electron chi connectivity index (χ0n) is 34.4. The van der Waals surface area contributed by atoms with E-state index < -0.39 is 35.9 Å². The second kappa shape index (κ2) is 15.4. The summed E-state index contributed by atoms with van der Waals surface area (Å²) in [6, 6.07) is 0. The smallest absolute Gasteiger partial charge is 0.305 e. The number of rotatable bonds is 10. The summed E-state index contributed by atoms with van der Waals surface area (Å²) in [7, 11) is 0. The Kier molecular flexibility index (Phi) is 10.7. The molecule has 11 rings (SSSR count). The summed E-state index contributed by atoms with van der Waals surface area (Å²) in [5, 5.41) is 20.9. The summed E-state index contributed by atoms with van der Waals surface area (Å²) >= 11 is 0. The van der Waals surface area contributed by atoms with Crippen molar-refractivity contribution in [3.63, 3.8) is 0 Å². The van der Waals surface area contributed by atoms with Crippen LogP contribution >= 0.6 is 0 Å². The minimum Gasteiger partial charge on any atom is -0.481 e. The first-order chi connectivity index (χ1) is 27.7. The van der Waals surface area contributed by atoms with Crippen LogP contribution in [0.3, 0.4) is 0 Å².